The first-order valence-electron chi connectivity index (χ1n) is 5.14. The van der Waals surface area contributed by atoms with E-state index >= 15 is 0 Å². The average Bonchev–Trinajstić information content (AvgIpc) is 2.79. The monoisotopic (exact) mass is 294 g/mol. The zero-order chi connectivity index (χ0) is 12.1. The Labute approximate surface area is 107 Å². The highest BCUT2D eigenvalue weighted by Crippen LogP contribution is 2.15. The lowest BCUT2D eigenvalue weighted by molar-refractivity contribution is 0.111. The third-order valence-corrected chi connectivity index (χ3v) is 2.80. The minimum atomic E-state index is 0.421. The van der Waals surface area contributed by atoms with E-state index in [0.29, 0.717) is 19.0 Å². The zero-order valence-corrected chi connectivity index (χ0v) is 10.6. The van der Waals surface area contributed by atoms with Crippen LogP contribution >= 0.6 is 15.9 Å². The van der Waals surface area contributed by atoms with Crippen molar-refractivity contribution in [2.24, 2.45) is 0 Å². The molecule has 0 aliphatic carbocycles. The maximum absolute atomic E-state index is 10.6. The Morgan fingerprint density at radius 3 is 2.82 bits per heavy atom. The van der Waals surface area contributed by atoms with E-state index in [1.165, 1.54) is 0 Å². The summed E-state index contributed by atoms with van der Waals surface area (Å²) < 4.78 is 8.32. The first-order valence-corrected chi connectivity index (χ1v) is 5.93. The fourth-order valence-electron chi connectivity index (χ4n) is 1.42. The van der Waals surface area contributed by atoms with Crippen LogP contribution in [0.15, 0.2) is 41.1 Å². The van der Waals surface area contributed by atoms with Gasteiger partial charge in [0.2, 0.25) is 0 Å². The van der Waals surface area contributed by atoms with Crippen LogP contribution in [0.3, 0.4) is 0 Å². The molecule has 1 heterocycles. The van der Waals surface area contributed by atoms with Gasteiger partial charge < -0.3 is 9.30 Å². The molecule has 2 rings (SSSR count). The van der Waals surface area contributed by atoms with Gasteiger partial charge in [0.05, 0.1) is 6.54 Å². The van der Waals surface area contributed by atoms with E-state index in [1.54, 1.807) is 17.0 Å². The Balaban J connectivity index is 1.87. The number of carbonyl (C=O) groups excluding carboxylic acids is 1. The van der Waals surface area contributed by atoms with Gasteiger partial charge in [0.25, 0.3) is 0 Å². The maximum atomic E-state index is 10.6. The summed E-state index contributed by atoms with van der Waals surface area (Å²) in [5.74, 6) is 1.23. The fraction of sp³-hybridized carbons (Fsp3) is 0.167. The van der Waals surface area contributed by atoms with Gasteiger partial charge in [-0.3, -0.25) is 4.79 Å². The van der Waals surface area contributed by atoms with Crippen LogP contribution < -0.4 is 4.74 Å². The molecule has 0 atom stereocenters. The third kappa shape index (κ3) is 3.17. The molecule has 0 aliphatic rings. The number of carbonyl (C=O) groups is 1. The summed E-state index contributed by atoms with van der Waals surface area (Å²) in [6.07, 6.45) is 4.09. The minimum absolute atomic E-state index is 0.421. The van der Waals surface area contributed by atoms with Gasteiger partial charge in [-0.2, -0.15) is 0 Å². The number of halogens is 1. The Bertz CT molecular complexity index is 493. The highest BCUT2D eigenvalue weighted by atomic mass is 79.9. The minimum Gasteiger partial charge on any atom is -0.492 e. The van der Waals surface area contributed by atoms with Gasteiger partial charge in [0, 0.05) is 16.9 Å². The van der Waals surface area contributed by atoms with Gasteiger partial charge in [0.15, 0.2) is 12.1 Å². The van der Waals surface area contributed by atoms with Crippen molar-refractivity contribution in [3.05, 3.63) is 47.0 Å². The largest absolute Gasteiger partial charge is 0.492 e. The van der Waals surface area contributed by atoms with Crippen molar-refractivity contribution >= 4 is 22.2 Å². The number of nitrogens with zero attached hydrogens (tertiary/aromatic N) is 2. The summed E-state index contributed by atoms with van der Waals surface area (Å²) in [4.78, 5) is 14.5. The van der Waals surface area contributed by atoms with Gasteiger partial charge in [-0.15, -0.1) is 0 Å². The fourth-order valence-corrected chi connectivity index (χ4v) is 1.68. The number of aldehydes is 1. The van der Waals surface area contributed by atoms with Crippen molar-refractivity contribution in [3.8, 4) is 5.75 Å². The van der Waals surface area contributed by atoms with Gasteiger partial charge in [-0.25, -0.2) is 4.98 Å². The Morgan fingerprint density at radius 1 is 1.35 bits per heavy atom. The number of imidazole rings is 1. The number of ether oxygens (including phenoxy) is 1. The number of aromatic nitrogens is 2. The Kier molecular flexibility index (Phi) is 3.93. The molecule has 1 aromatic heterocycles. The second-order valence-electron chi connectivity index (χ2n) is 3.40. The van der Waals surface area contributed by atoms with Crippen LogP contribution in [0.4, 0.5) is 0 Å². The predicted octanol–water partition coefficient (Wildman–Crippen LogP) is 2.54. The molecule has 0 radical (unpaired) electrons. The second-order valence-corrected chi connectivity index (χ2v) is 4.31. The van der Waals surface area contributed by atoms with Crippen molar-refractivity contribution in [3.63, 3.8) is 0 Å². The van der Waals surface area contributed by atoms with Gasteiger partial charge >= 0.3 is 0 Å². The molecule has 0 saturated carbocycles. The SMILES string of the molecule is O=Cc1nccn1CCOc1ccc(Br)cc1. The van der Waals surface area contributed by atoms with Gasteiger partial charge in [0.1, 0.15) is 12.4 Å². The lowest BCUT2D eigenvalue weighted by Crippen LogP contribution is -2.10. The summed E-state index contributed by atoms with van der Waals surface area (Å²) in [6, 6.07) is 7.62. The molecule has 0 bridgehead atoms. The normalized spacial score (nSPS) is 10.2. The van der Waals surface area contributed by atoms with Gasteiger partial charge in [-0.1, -0.05) is 15.9 Å². The van der Waals surface area contributed by atoms with Crippen LogP contribution in [0.25, 0.3) is 0 Å². The van der Waals surface area contributed by atoms with E-state index in [4.69, 9.17) is 4.74 Å². The zero-order valence-electron chi connectivity index (χ0n) is 9.04. The van der Waals surface area contributed by atoms with E-state index in [1.807, 2.05) is 24.3 Å². The molecule has 88 valence electrons. The van der Waals surface area contributed by atoms with E-state index < -0.39 is 0 Å². The lowest BCUT2D eigenvalue weighted by Gasteiger charge is -2.07. The average molecular weight is 295 g/mol. The molecule has 0 aliphatic heterocycles. The molecular formula is C12H11BrN2O2. The van der Waals surface area contributed by atoms with Crippen molar-refractivity contribution in [1.82, 2.24) is 9.55 Å². The third-order valence-electron chi connectivity index (χ3n) is 2.27. The quantitative estimate of drug-likeness (QED) is 0.796. The molecule has 1 aromatic carbocycles. The highest BCUT2D eigenvalue weighted by molar-refractivity contribution is 9.10. The van der Waals surface area contributed by atoms with Crippen LogP contribution in [0, 0.1) is 0 Å². The van der Waals surface area contributed by atoms with Crippen LogP contribution in [0.5, 0.6) is 5.75 Å². The second kappa shape index (κ2) is 5.63. The standard InChI is InChI=1S/C12H11BrN2O2/c13-10-1-3-11(4-2-10)17-8-7-15-6-5-14-12(15)9-16/h1-6,9H,7-8H2. The summed E-state index contributed by atoms with van der Waals surface area (Å²) in [7, 11) is 0. The molecule has 0 amide bonds. The molecule has 4 nitrogen and oxygen atoms in total. The van der Waals surface area contributed by atoms with Crippen molar-refractivity contribution in [2.45, 2.75) is 6.54 Å². The summed E-state index contributed by atoms with van der Waals surface area (Å²) in [5, 5.41) is 0. The molecule has 17 heavy (non-hydrogen) atoms. The predicted molar refractivity (Wildman–Crippen MR) is 67.3 cm³/mol. The lowest BCUT2D eigenvalue weighted by atomic mass is 10.3. The van der Waals surface area contributed by atoms with Crippen LogP contribution in [0.2, 0.25) is 0 Å². The summed E-state index contributed by atoms with van der Waals surface area (Å²) in [5.41, 5.74) is 0. The number of hydrogen-bond acceptors (Lipinski definition) is 3. The molecule has 0 unspecified atom stereocenters. The maximum Gasteiger partial charge on any atom is 0.185 e. The van der Waals surface area contributed by atoms with E-state index in [0.717, 1.165) is 16.5 Å². The van der Waals surface area contributed by atoms with Crippen LogP contribution in [-0.2, 0) is 6.54 Å². The van der Waals surface area contributed by atoms with E-state index in [9.17, 15) is 4.79 Å². The van der Waals surface area contributed by atoms with Crippen molar-refractivity contribution < 1.29 is 9.53 Å². The molecule has 0 N–H and O–H groups in total. The number of hydrogen-bond donors (Lipinski definition) is 0. The van der Waals surface area contributed by atoms with Gasteiger partial charge in [-0.05, 0) is 24.3 Å². The van der Waals surface area contributed by atoms with Crippen LogP contribution in [0.1, 0.15) is 10.6 Å². The van der Waals surface area contributed by atoms with Crippen molar-refractivity contribution in [1.29, 1.82) is 0 Å². The molecule has 0 spiro atoms. The Morgan fingerprint density at radius 2 is 2.12 bits per heavy atom. The number of rotatable bonds is 5. The molecule has 0 saturated heterocycles. The number of benzene rings is 1. The molecular weight excluding hydrogens is 284 g/mol. The highest BCUT2D eigenvalue weighted by Gasteiger charge is 2.00. The Hall–Kier alpha value is -1.62. The summed E-state index contributed by atoms with van der Waals surface area (Å²) in [6.45, 7) is 1.10. The first kappa shape index (κ1) is 11.9. The van der Waals surface area contributed by atoms with E-state index in [-0.39, 0.29) is 0 Å². The smallest absolute Gasteiger partial charge is 0.185 e. The van der Waals surface area contributed by atoms with Crippen LogP contribution in [-0.4, -0.2) is 22.4 Å². The summed E-state index contributed by atoms with van der Waals surface area (Å²) >= 11 is 3.36. The van der Waals surface area contributed by atoms with Crippen molar-refractivity contribution in [2.75, 3.05) is 6.61 Å². The molecule has 2 aromatic rings. The van der Waals surface area contributed by atoms with E-state index in [2.05, 4.69) is 20.9 Å². The molecule has 0 fully saturated rings. The first-order chi connectivity index (χ1) is 8.29. The topological polar surface area (TPSA) is 44.1 Å². The molecule has 5 heteroatoms.